The van der Waals surface area contributed by atoms with E-state index in [1.54, 1.807) is 18.3 Å². The van der Waals surface area contributed by atoms with Crippen molar-refractivity contribution in [2.24, 2.45) is 0 Å². The summed E-state index contributed by atoms with van der Waals surface area (Å²) < 4.78 is 38.7. The highest BCUT2D eigenvalue weighted by Gasteiger charge is 2.32. The maximum Gasteiger partial charge on any atom is 0.405 e. The van der Waals surface area contributed by atoms with Gasteiger partial charge in [0.1, 0.15) is 12.4 Å². The molecule has 1 atom stereocenters. The zero-order chi connectivity index (χ0) is 18.0. The number of nitrogens with one attached hydrogen (secondary N) is 1. The summed E-state index contributed by atoms with van der Waals surface area (Å²) >= 11 is 2.78. The average Bonchev–Trinajstić information content (AvgIpc) is 3.10. The van der Waals surface area contributed by atoms with Crippen molar-refractivity contribution in [1.29, 1.82) is 0 Å². The largest absolute Gasteiger partial charge is 0.405 e. The van der Waals surface area contributed by atoms with Crippen LogP contribution >= 0.6 is 23.1 Å². The van der Waals surface area contributed by atoms with Crippen LogP contribution in [0.5, 0.6) is 0 Å². The van der Waals surface area contributed by atoms with E-state index in [-0.39, 0.29) is 0 Å². The van der Waals surface area contributed by atoms with E-state index in [1.165, 1.54) is 4.88 Å². The van der Waals surface area contributed by atoms with Crippen molar-refractivity contribution in [2.75, 3.05) is 6.54 Å². The molecule has 25 heavy (non-hydrogen) atoms. The van der Waals surface area contributed by atoms with E-state index in [9.17, 15) is 18.0 Å². The zero-order valence-electron chi connectivity index (χ0n) is 13.4. The van der Waals surface area contributed by atoms with Crippen LogP contribution in [-0.4, -0.2) is 38.6 Å². The van der Waals surface area contributed by atoms with E-state index < -0.39 is 23.9 Å². The minimum absolute atomic E-state index is 0.317. The number of nitrogens with zero attached hydrogens (tertiary/aromatic N) is 3. The molecule has 1 N–H and O–H groups in total. The van der Waals surface area contributed by atoms with E-state index in [2.05, 4.69) is 10.2 Å². The molecule has 0 aliphatic heterocycles. The van der Waals surface area contributed by atoms with Gasteiger partial charge in [0.25, 0.3) is 0 Å². The van der Waals surface area contributed by atoms with Gasteiger partial charge in [-0.2, -0.15) is 13.2 Å². The fraction of sp³-hybridized carbons (Fsp3) is 0.533. The third-order valence-electron chi connectivity index (χ3n) is 3.67. The van der Waals surface area contributed by atoms with Gasteiger partial charge in [0.2, 0.25) is 5.91 Å². The Morgan fingerprint density at radius 2 is 2.24 bits per heavy atom. The first-order valence-electron chi connectivity index (χ1n) is 7.81. The molecule has 136 valence electrons. The summed E-state index contributed by atoms with van der Waals surface area (Å²) in [6, 6.07) is 4.31. The number of hydrogen-bond acceptors (Lipinski definition) is 5. The molecule has 0 bridgehead atoms. The number of carbonyl (C=O) groups is 1. The highest BCUT2D eigenvalue weighted by Crippen LogP contribution is 2.40. The lowest BCUT2D eigenvalue weighted by Gasteiger charge is -2.14. The van der Waals surface area contributed by atoms with Gasteiger partial charge in [0.05, 0.1) is 5.25 Å². The minimum Gasteiger partial charge on any atom is -0.346 e. The monoisotopic (exact) mass is 390 g/mol. The van der Waals surface area contributed by atoms with E-state index in [0.717, 1.165) is 30.4 Å². The van der Waals surface area contributed by atoms with Crippen molar-refractivity contribution in [2.45, 2.75) is 48.8 Å². The molecule has 10 heteroatoms. The van der Waals surface area contributed by atoms with E-state index in [0.29, 0.717) is 17.6 Å². The lowest BCUT2D eigenvalue weighted by atomic mass is 10.3. The molecule has 1 unspecified atom stereocenters. The topological polar surface area (TPSA) is 59.8 Å². The Balaban J connectivity index is 1.67. The average molecular weight is 390 g/mol. The molecule has 5 nitrogen and oxygen atoms in total. The number of hydrogen-bond donors (Lipinski definition) is 1. The van der Waals surface area contributed by atoms with Gasteiger partial charge < -0.3 is 9.88 Å². The summed E-state index contributed by atoms with van der Waals surface area (Å²) in [7, 11) is 0. The fourth-order valence-electron chi connectivity index (χ4n) is 2.32. The molecule has 0 saturated heterocycles. The summed E-state index contributed by atoms with van der Waals surface area (Å²) in [5, 5.41) is 12.2. The van der Waals surface area contributed by atoms with Crippen molar-refractivity contribution in [1.82, 2.24) is 20.1 Å². The Morgan fingerprint density at radius 3 is 2.84 bits per heavy atom. The van der Waals surface area contributed by atoms with Gasteiger partial charge in [-0.25, -0.2) is 0 Å². The SMILES string of the molecule is CC(Sc1nnc(Cc2cccs2)n1C1CC1)C(=O)NCC(F)(F)F. The first kappa shape index (κ1) is 18.2. The molecule has 2 aromatic heterocycles. The number of halogens is 3. The second-order valence-corrected chi connectivity index (χ2v) is 8.19. The van der Waals surface area contributed by atoms with E-state index in [1.807, 2.05) is 27.4 Å². The number of carbonyl (C=O) groups excluding carboxylic acids is 1. The summed E-state index contributed by atoms with van der Waals surface area (Å²) in [6.07, 6.45) is -1.70. The summed E-state index contributed by atoms with van der Waals surface area (Å²) in [4.78, 5) is 13.0. The predicted octanol–water partition coefficient (Wildman–Crippen LogP) is 3.42. The third-order valence-corrected chi connectivity index (χ3v) is 5.61. The summed E-state index contributed by atoms with van der Waals surface area (Å²) in [5.41, 5.74) is 0. The molecule has 0 radical (unpaired) electrons. The van der Waals surface area contributed by atoms with Crippen molar-refractivity contribution >= 4 is 29.0 Å². The Morgan fingerprint density at radius 1 is 1.48 bits per heavy atom. The second-order valence-electron chi connectivity index (χ2n) is 5.85. The molecule has 1 fully saturated rings. The Kier molecular flexibility index (Phi) is 5.38. The fourth-order valence-corrected chi connectivity index (χ4v) is 3.98. The third kappa shape index (κ3) is 4.97. The molecule has 2 heterocycles. The molecular weight excluding hydrogens is 373 g/mol. The molecule has 1 amide bonds. The van der Waals surface area contributed by atoms with Gasteiger partial charge in [-0.05, 0) is 31.2 Å². The maximum absolute atomic E-state index is 12.2. The predicted molar refractivity (Wildman–Crippen MR) is 89.8 cm³/mol. The lowest BCUT2D eigenvalue weighted by molar-refractivity contribution is -0.137. The van der Waals surface area contributed by atoms with E-state index in [4.69, 9.17) is 0 Å². The molecular formula is C15H17F3N4OS2. The van der Waals surface area contributed by atoms with Gasteiger partial charge >= 0.3 is 6.18 Å². The molecule has 1 saturated carbocycles. The van der Waals surface area contributed by atoms with Crippen molar-refractivity contribution in [3.8, 4) is 0 Å². The van der Waals surface area contributed by atoms with Crippen LogP contribution in [-0.2, 0) is 11.2 Å². The number of thioether (sulfide) groups is 1. The van der Waals surface area contributed by atoms with Crippen LogP contribution in [0, 0.1) is 0 Å². The molecule has 1 aliphatic carbocycles. The molecule has 0 spiro atoms. The quantitative estimate of drug-likeness (QED) is 0.736. The van der Waals surface area contributed by atoms with Crippen LogP contribution in [0.25, 0.3) is 0 Å². The standard InChI is InChI=1S/C15H17F3N4OS2/c1-9(13(23)19-8-15(16,17)18)25-14-21-20-12(22(14)10-4-5-10)7-11-3-2-6-24-11/h2-3,6,9-10H,4-5,7-8H2,1H3,(H,19,23). The van der Waals surface area contributed by atoms with Gasteiger partial charge in [-0.3, -0.25) is 4.79 Å². The second kappa shape index (κ2) is 7.36. The molecule has 0 aromatic carbocycles. The summed E-state index contributed by atoms with van der Waals surface area (Å²) in [5.74, 6) is 0.169. The lowest BCUT2D eigenvalue weighted by Crippen LogP contribution is -2.38. The van der Waals surface area contributed by atoms with Crippen LogP contribution < -0.4 is 5.32 Å². The number of amides is 1. The van der Waals surface area contributed by atoms with Crippen LogP contribution in [0.4, 0.5) is 13.2 Å². The minimum atomic E-state index is -4.41. The highest BCUT2D eigenvalue weighted by molar-refractivity contribution is 8.00. The molecule has 3 rings (SSSR count). The van der Waals surface area contributed by atoms with Gasteiger partial charge in [0.15, 0.2) is 5.16 Å². The summed E-state index contributed by atoms with van der Waals surface area (Å²) in [6.45, 7) is 0.247. The Labute approximate surface area is 151 Å². The smallest absolute Gasteiger partial charge is 0.346 e. The van der Waals surface area contributed by atoms with Gasteiger partial charge in [0, 0.05) is 17.3 Å². The number of rotatable bonds is 7. The van der Waals surface area contributed by atoms with E-state index >= 15 is 0 Å². The zero-order valence-corrected chi connectivity index (χ0v) is 15.0. The molecule has 2 aromatic rings. The first-order chi connectivity index (χ1) is 11.8. The molecule has 1 aliphatic rings. The number of alkyl halides is 3. The normalized spacial score (nSPS) is 16.0. The van der Waals surface area contributed by atoms with Crippen molar-refractivity contribution < 1.29 is 18.0 Å². The van der Waals surface area contributed by atoms with Gasteiger partial charge in [-0.15, -0.1) is 21.5 Å². The van der Waals surface area contributed by atoms with Crippen LogP contribution in [0.2, 0.25) is 0 Å². The van der Waals surface area contributed by atoms with Crippen molar-refractivity contribution in [3.63, 3.8) is 0 Å². The maximum atomic E-state index is 12.2. The van der Waals surface area contributed by atoms with Crippen LogP contribution in [0.3, 0.4) is 0 Å². The Bertz CT molecular complexity index is 726. The highest BCUT2D eigenvalue weighted by atomic mass is 32.2. The van der Waals surface area contributed by atoms with Crippen LogP contribution in [0.1, 0.15) is 36.5 Å². The van der Waals surface area contributed by atoms with Crippen LogP contribution in [0.15, 0.2) is 22.7 Å². The van der Waals surface area contributed by atoms with Crippen molar-refractivity contribution in [3.05, 3.63) is 28.2 Å². The Hall–Kier alpha value is -1.55. The number of thiophene rings is 1. The van der Waals surface area contributed by atoms with Gasteiger partial charge in [-0.1, -0.05) is 17.8 Å². The number of aromatic nitrogens is 3. The first-order valence-corrected chi connectivity index (χ1v) is 9.56.